The highest BCUT2D eigenvalue weighted by molar-refractivity contribution is 5.90. The average Bonchev–Trinajstić information content (AvgIpc) is 2.48. The molecule has 0 fully saturated rings. The van der Waals surface area contributed by atoms with Gasteiger partial charge in [0.15, 0.2) is 0 Å². The minimum atomic E-state index is -1.08. The zero-order valence-corrected chi connectivity index (χ0v) is 11.7. The van der Waals surface area contributed by atoms with Gasteiger partial charge in [-0.2, -0.15) is 0 Å². The Morgan fingerprint density at radius 2 is 1.81 bits per heavy atom. The Morgan fingerprint density at radius 1 is 1.19 bits per heavy atom. The van der Waals surface area contributed by atoms with E-state index in [2.05, 4.69) is 0 Å². The van der Waals surface area contributed by atoms with Crippen molar-refractivity contribution >= 4 is 11.9 Å². The number of hydrogen-bond donors (Lipinski definition) is 3. The van der Waals surface area contributed by atoms with Crippen LogP contribution in [0.2, 0.25) is 0 Å². The molecule has 0 aliphatic heterocycles. The number of allylic oxidation sites excluding steroid dienone is 2. The standard InChI is InChI=1S/C9H10O4.C7H8O/c1-9(8(12)13)4-2-3-6(5-9)7(10)11;8-6-7-4-2-1-3-5-7/h2-4H,5H2,1H3,(H,10,11)(H,12,13);1-5,8H,6H2. The molecule has 0 saturated carbocycles. The molecule has 21 heavy (non-hydrogen) atoms. The summed E-state index contributed by atoms with van der Waals surface area (Å²) in [5.41, 5.74) is 0.0163. The van der Waals surface area contributed by atoms with Gasteiger partial charge in [-0.3, -0.25) is 4.79 Å². The summed E-state index contributed by atoms with van der Waals surface area (Å²) in [5.74, 6) is -2.06. The Bertz CT molecular complexity index is 559. The van der Waals surface area contributed by atoms with Crippen molar-refractivity contribution in [1.82, 2.24) is 0 Å². The molecule has 1 aliphatic carbocycles. The molecule has 0 heterocycles. The van der Waals surface area contributed by atoms with Gasteiger partial charge in [-0.05, 0) is 18.9 Å². The molecule has 5 heteroatoms. The fraction of sp³-hybridized carbons (Fsp3) is 0.250. The number of aliphatic hydroxyl groups is 1. The van der Waals surface area contributed by atoms with Crippen molar-refractivity contribution in [2.75, 3.05) is 0 Å². The minimum absolute atomic E-state index is 0.0359. The molecule has 0 aromatic heterocycles. The summed E-state index contributed by atoms with van der Waals surface area (Å²) in [5, 5.41) is 26.0. The van der Waals surface area contributed by atoms with Gasteiger partial charge in [0, 0.05) is 5.57 Å². The summed E-state index contributed by atoms with van der Waals surface area (Å²) < 4.78 is 0. The molecule has 1 unspecified atom stereocenters. The normalized spacial score (nSPS) is 20.0. The number of rotatable bonds is 3. The summed E-state index contributed by atoms with van der Waals surface area (Å²) in [6.45, 7) is 1.64. The summed E-state index contributed by atoms with van der Waals surface area (Å²) in [6, 6.07) is 9.52. The highest BCUT2D eigenvalue weighted by Gasteiger charge is 2.34. The van der Waals surface area contributed by atoms with Crippen LogP contribution in [0.4, 0.5) is 0 Å². The first-order valence-corrected chi connectivity index (χ1v) is 6.39. The number of hydrogen-bond acceptors (Lipinski definition) is 3. The number of carboxylic acids is 2. The SMILES string of the molecule is CC1(C(=O)O)C=CC=C(C(=O)O)C1.OCc1ccccc1. The first-order chi connectivity index (χ1) is 9.89. The Kier molecular flexibility index (Phi) is 5.87. The van der Waals surface area contributed by atoms with Crippen LogP contribution >= 0.6 is 0 Å². The molecule has 1 atom stereocenters. The third-order valence-electron chi connectivity index (χ3n) is 3.11. The maximum atomic E-state index is 10.8. The number of carbonyl (C=O) groups is 2. The Hall–Kier alpha value is -2.40. The zero-order chi connectivity index (χ0) is 15.9. The number of carboxylic acid groups (broad SMARTS) is 2. The first kappa shape index (κ1) is 16.7. The van der Waals surface area contributed by atoms with Crippen molar-refractivity contribution in [2.24, 2.45) is 5.41 Å². The topological polar surface area (TPSA) is 94.8 Å². The van der Waals surface area contributed by atoms with Crippen LogP contribution in [-0.4, -0.2) is 27.3 Å². The molecule has 0 saturated heterocycles. The highest BCUT2D eigenvalue weighted by atomic mass is 16.4. The second kappa shape index (κ2) is 7.40. The third kappa shape index (κ3) is 4.89. The molecule has 0 radical (unpaired) electrons. The van der Waals surface area contributed by atoms with Crippen molar-refractivity contribution in [3.05, 3.63) is 59.7 Å². The number of benzene rings is 1. The fourth-order valence-corrected chi connectivity index (χ4v) is 1.77. The van der Waals surface area contributed by atoms with E-state index >= 15 is 0 Å². The predicted molar refractivity (Wildman–Crippen MR) is 77.6 cm³/mol. The van der Waals surface area contributed by atoms with E-state index in [4.69, 9.17) is 15.3 Å². The monoisotopic (exact) mass is 290 g/mol. The van der Waals surface area contributed by atoms with E-state index in [0.717, 1.165) is 5.56 Å². The van der Waals surface area contributed by atoms with Gasteiger partial charge in [0.1, 0.15) is 0 Å². The Labute approximate surface area is 122 Å². The lowest BCUT2D eigenvalue weighted by atomic mass is 9.80. The molecule has 1 aromatic carbocycles. The summed E-state index contributed by atoms with van der Waals surface area (Å²) in [6.07, 6.45) is 4.43. The molecule has 0 bridgehead atoms. The van der Waals surface area contributed by atoms with E-state index < -0.39 is 17.4 Å². The van der Waals surface area contributed by atoms with Crippen molar-refractivity contribution in [3.8, 4) is 0 Å². The van der Waals surface area contributed by atoms with E-state index in [9.17, 15) is 9.59 Å². The van der Waals surface area contributed by atoms with Crippen molar-refractivity contribution in [1.29, 1.82) is 0 Å². The first-order valence-electron chi connectivity index (χ1n) is 6.39. The van der Waals surface area contributed by atoms with Gasteiger partial charge in [0.25, 0.3) is 0 Å². The van der Waals surface area contributed by atoms with Gasteiger partial charge in [-0.15, -0.1) is 0 Å². The van der Waals surface area contributed by atoms with Crippen LogP contribution in [-0.2, 0) is 16.2 Å². The van der Waals surface area contributed by atoms with E-state index in [1.807, 2.05) is 30.3 Å². The van der Waals surface area contributed by atoms with Gasteiger partial charge >= 0.3 is 11.9 Å². The Morgan fingerprint density at radius 3 is 2.24 bits per heavy atom. The van der Waals surface area contributed by atoms with Crippen LogP contribution in [0.5, 0.6) is 0 Å². The molecule has 1 aliphatic rings. The lowest BCUT2D eigenvalue weighted by Crippen LogP contribution is -2.28. The van der Waals surface area contributed by atoms with Crippen LogP contribution < -0.4 is 0 Å². The molecule has 1 aromatic rings. The van der Waals surface area contributed by atoms with E-state index in [1.165, 1.54) is 25.2 Å². The second-order valence-corrected chi connectivity index (χ2v) is 4.90. The van der Waals surface area contributed by atoms with E-state index in [0.29, 0.717) is 0 Å². The molecule has 0 spiro atoms. The van der Waals surface area contributed by atoms with Crippen molar-refractivity contribution < 1.29 is 24.9 Å². The van der Waals surface area contributed by atoms with Gasteiger partial charge in [0.05, 0.1) is 12.0 Å². The summed E-state index contributed by atoms with van der Waals surface area (Å²) in [7, 11) is 0. The van der Waals surface area contributed by atoms with E-state index in [1.54, 1.807) is 0 Å². The van der Waals surface area contributed by atoms with Crippen LogP contribution in [0, 0.1) is 5.41 Å². The zero-order valence-electron chi connectivity index (χ0n) is 11.7. The molecule has 2 rings (SSSR count). The molecule has 112 valence electrons. The van der Waals surface area contributed by atoms with Crippen LogP contribution in [0.3, 0.4) is 0 Å². The van der Waals surface area contributed by atoms with Crippen molar-refractivity contribution in [2.45, 2.75) is 20.0 Å². The van der Waals surface area contributed by atoms with Crippen LogP contribution in [0.25, 0.3) is 0 Å². The lowest BCUT2D eigenvalue weighted by Gasteiger charge is -2.23. The second-order valence-electron chi connectivity index (χ2n) is 4.90. The molecular formula is C16H18O5. The van der Waals surface area contributed by atoms with Gasteiger partial charge < -0.3 is 15.3 Å². The predicted octanol–water partition coefficient (Wildman–Crippen LogP) is 2.23. The molecule has 0 amide bonds. The highest BCUT2D eigenvalue weighted by Crippen LogP contribution is 2.31. The van der Waals surface area contributed by atoms with Gasteiger partial charge in [-0.1, -0.05) is 48.6 Å². The lowest BCUT2D eigenvalue weighted by molar-refractivity contribution is -0.145. The van der Waals surface area contributed by atoms with Crippen LogP contribution in [0.15, 0.2) is 54.1 Å². The smallest absolute Gasteiger partial charge is 0.331 e. The largest absolute Gasteiger partial charge is 0.481 e. The number of aliphatic carboxylic acids is 2. The molecular weight excluding hydrogens is 272 g/mol. The van der Waals surface area contributed by atoms with Gasteiger partial charge in [0.2, 0.25) is 0 Å². The van der Waals surface area contributed by atoms with Gasteiger partial charge in [-0.25, -0.2) is 4.79 Å². The average molecular weight is 290 g/mol. The minimum Gasteiger partial charge on any atom is -0.481 e. The molecule has 5 nitrogen and oxygen atoms in total. The van der Waals surface area contributed by atoms with Crippen LogP contribution in [0.1, 0.15) is 18.9 Å². The fourth-order valence-electron chi connectivity index (χ4n) is 1.77. The summed E-state index contributed by atoms with van der Waals surface area (Å²) in [4.78, 5) is 21.3. The molecule has 3 N–H and O–H groups in total. The Balaban J connectivity index is 0.000000235. The third-order valence-corrected chi connectivity index (χ3v) is 3.11. The van der Waals surface area contributed by atoms with Crippen molar-refractivity contribution in [3.63, 3.8) is 0 Å². The summed E-state index contributed by atoms with van der Waals surface area (Å²) >= 11 is 0. The quantitative estimate of drug-likeness (QED) is 0.793. The maximum Gasteiger partial charge on any atom is 0.331 e. The maximum absolute atomic E-state index is 10.8. The van der Waals surface area contributed by atoms with E-state index in [-0.39, 0.29) is 18.6 Å². The number of aliphatic hydroxyl groups excluding tert-OH is 1.